The molecule has 0 spiro atoms. The lowest BCUT2D eigenvalue weighted by Gasteiger charge is -2.18. The molecule has 2 amide bonds. The number of thiazole rings is 1. The van der Waals surface area contributed by atoms with Crippen molar-refractivity contribution >= 4 is 34.5 Å². The number of fused-ring (bicyclic) bond motifs is 1. The number of rotatable bonds is 3. The third-order valence-corrected chi connectivity index (χ3v) is 4.94. The van der Waals surface area contributed by atoms with Crippen LogP contribution in [0.15, 0.2) is 47.8 Å². The average molecular weight is 419 g/mol. The summed E-state index contributed by atoms with van der Waals surface area (Å²) in [4.78, 5) is 28.0. The monoisotopic (exact) mass is 419 g/mol. The van der Waals surface area contributed by atoms with E-state index in [-0.39, 0.29) is 23.8 Å². The maximum atomic E-state index is 12.9. The second-order valence-corrected chi connectivity index (χ2v) is 6.98. The first-order valence-corrected chi connectivity index (χ1v) is 9.19. The maximum absolute atomic E-state index is 12.9. The van der Waals surface area contributed by atoms with Crippen molar-refractivity contribution in [3.05, 3.63) is 59.1 Å². The molecule has 0 saturated carbocycles. The average Bonchev–Trinajstić information content (AvgIpc) is 3.17. The Kier molecular flexibility index (Phi) is 4.71. The molecule has 10 heteroatoms. The van der Waals surface area contributed by atoms with Gasteiger partial charge in [0.25, 0.3) is 11.8 Å². The van der Waals surface area contributed by atoms with Gasteiger partial charge in [-0.2, -0.15) is 13.2 Å². The number of ether oxygens (including phenoxy) is 1. The van der Waals surface area contributed by atoms with Gasteiger partial charge >= 0.3 is 6.18 Å². The Hall–Kier alpha value is -3.40. The van der Waals surface area contributed by atoms with Gasteiger partial charge in [-0.15, -0.1) is 11.3 Å². The Balaban J connectivity index is 1.52. The molecule has 2 aromatic carbocycles. The normalized spacial score (nSPS) is 13.3. The molecule has 0 radical (unpaired) electrons. The van der Waals surface area contributed by atoms with Crippen LogP contribution in [0.2, 0.25) is 0 Å². The highest BCUT2D eigenvalue weighted by atomic mass is 32.1. The highest BCUT2D eigenvalue weighted by molar-refractivity contribution is 7.13. The molecule has 0 fully saturated rings. The molecule has 0 bridgehead atoms. The van der Waals surface area contributed by atoms with Crippen LogP contribution < -0.4 is 15.4 Å². The van der Waals surface area contributed by atoms with Crippen molar-refractivity contribution < 1.29 is 27.5 Å². The summed E-state index contributed by atoms with van der Waals surface area (Å²) in [5, 5.41) is 7.04. The highest BCUT2D eigenvalue weighted by Gasteiger charge is 2.30. The number of amides is 2. The molecule has 4 rings (SSSR count). The number of carbonyl (C=O) groups is 2. The van der Waals surface area contributed by atoms with Crippen molar-refractivity contribution in [2.24, 2.45) is 0 Å². The SMILES string of the molecule is O=C1COc2ccc(NC(=O)c3csc(-c4cccc(C(F)(F)F)c4)n3)cc2N1. The quantitative estimate of drug-likeness (QED) is 0.659. The van der Waals surface area contributed by atoms with Gasteiger partial charge in [0.05, 0.1) is 11.3 Å². The second-order valence-electron chi connectivity index (χ2n) is 6.12. The number of anilines is 2. The Morgan fingerprint density at radius 2 is 2.03 bits per heavy atom. The van der Waals surface area contributed by atoms with Crippen LogP contribution in [0.4, 0.5) is 24.5 Å². The van der Waals surface area contributed by atoms with E-state index in [2.05, 4.69) is 15.6 Å². The molecule has 148 valence electrons. The number of hydrogen-bond acceptors (Lipinski definition) is 5. The van der Waals surface area contributed by atoms with Gasteiger partial charge in [-0.1, -0.05) is 12.1 Å². The van der Waals surface area contributed by atoms with Crippen molar-refractivity contribution in [3.8, 4) is 16.3 Å². The Morgan fingerprint density at radius 3 is 2.83 bits per heavy atom. The first-order valence-electron chi connectivity index (χ1n) is 8.31. The van der Waals surface area contributed by atoms with Crippen molar-refractivity contribution in [1.82, 2.24) is 4.98 Å². The maximum Gasteiger partial charge on any atom is 0.416 e. The number of carbonyl (C=O) groups excluding carboxylic acids is 2. The first kappa shape index (κ1) is 18.9. The third-order valence-electron chi connectivity index (χ3n) is 4.04. The van der Waals surface area contributed by atoms with Crippen LogP contribution in [0.25, 0.3) is 10.6 Å². The van der Waals surface area contributed by atoms with Gasteiger partial charge in [-0.3, -0.25) is 9.59 Å². The molecular formula is C19H12F3N3O3S. The van der Waals surface area contributed by atoms with Crippen LogP contribution in [0, 0.1) is 0 Å². The minimum Gasteiger partial charge on any atom is -0.482 e. The highest BCUT2D eigenvalue weighted by Crippen LogP contribution is 2.33. The summed E-state index contributed by atoms with van der Waals surface area (Å²) in [6.07, 6.45) is -4.46. The Bertz CT molecular complexity index is 1110. The van der Waals surface area contributed by atoms with Crippen LogP contribution in [0.1, 0.15) is 16.1 Å². The lowest BCUT2D eigenvalue weighted by atomic mass is 10.1. The van der Waals surface area contributed by atoms with E-state index in [1.165, 1.54) is 17.5 Å². The Labute approximate surface area is 166 Å². The predicted molar refractivity (Wildman–Crippen MR) is 101 cm³/mol. The van der Waals surface area contributed by atoms with Crippen LogP contribution >= 0.6 is 11.3 Å². The predicted octanol–water partition coefficient (Wildman–Crippen LogP) is 4.41. The molecule has 0 aliphatic carbocycles. The first-order chi connectivity index (χ1) is 13.8. The summed E-state index contributed by atoms with van der Waals surface area (Å²) >= 11 is 1.07. The van der Waals surface area contributed by atoms with E-state index in [0.29, 0.717) is 22.1 Å². The van der Waals surface area contributed by atoms with Gasteiger partial charge in [0.1, 0.15) is 16.5 Å². The molecule has 1 aliphatic rings. The van der Waals surface area contributed by atoms with E-state index in [9.17, 15) is 22.8 Å². The lowest BCUT2D eigenvalue weighted by Crippen LogP contribution is -2.25. The third kappa shape index (κ3) is 4.06. The molecule has 0 unspecified atom stereocenters. The standard InChI is InChI=1S/C19H12F3N3O3S/c20-19(21,22)11-3-1-2-10(6-11)18-25-14(9-29-18)17(27)23-12-4-5-15-13(7-12)24-16(26)8-28-15/h1-7,9H,8H2,(H,23,27)(H,24,26). The zero-order valence-corrected chi connectivity index (χ0v) is 15.4. The summed E-state index contributed by atoms with van der Waals surface area (Å²) in [7, 11) is 0. The summed E-state index contributed by atoms with van der Waals surface area (Å²) in [6, 6.07) is 9.53. The molecule has 3 aromatic rings. The van der Waals surface area contributed by atoms with Gasteiger partial charge < -0.3 is 15.4 Å². The molecule has 1 aromatic heterocycles. The lowest BCUT2D eigenvalue weighted by molar-refractivity contribution is -0.137. The zero-order chi connectivity index (χ0) is 20.6. The fourth-order valence-electron chi connectivity index (χ4n) is 2.70. The van der Waals surface area contributed by atoms with Crippen molar-refractivity contribution in [1.29, 1.82) is 0 Å². The fourth-order valence-corrected chi connectivity index (χ4v) is 3.49. The summed E-state index contributed by atoms with van der Waals surface area (Å²) in [5.41, 5.74) is 0.405. The number of alkyl halides is 3. The molecule has 2 N–H and O–H groups in total. The second kappa shape index (κ2) is 7.21. The van der Waals surface area contributed by atoms with E-state index < -0.39 is 17.6 Å². The van der Waals surface area contributed by atoms with E-state index in [1.54, 1.807) is 18.2 Å². The number of halogens is 3. The number of hydrogen-bond donors (Lipinski definition) is 2. The minimum absolute atomic E-state index is 0.0698. The molecular weight excluding hydrogens is 407 g/mol. The number of nitrogens with zero attached hydrogens (tertiary/aromatic N) is 1. The van der Waals surface area contributed by atoms with Gasteiger partial charge in [0, 0.05) is 16.6 Å². The smallest absolute Gasteiger partial charge is 0.416 e. The minimum atomic E-state index is -4.46. The summed E-state index contributed by atoms with van der Waals surface area (Å²) in [5.74, 6) is -0.336. The van der Waals surface area contributed by atoms with E-state index in [0.717, 1.165) is 23.5 Å². The van der Waals surface area contributed by atoms with Crippen molar-refractivity contribution in [2.45, 2.75) is 6.18 Å². The van der Waals surface area contributed by atoms with E-state index >= 15 is 0 Å². The molecule has 29 heavy (non-hydrogen) atoms. The number of aromatic nitrogens is 1. The van der Waals surface area contributed by atoms with Crippen molar-refractivity contribution in [2.75, 3.05) is 17.2 Å². The molecule has 2 heterocycles. The zero-order valence-electron chi connectivity index (χ0n) is 14.5. The summed E-state index contributed by atoms with van der Waals surface area (Å²) < 4.78 is 43.9. The number of benzene rings is 2. The van der Waals surface area contributed by atoms with E-state index in [1.807, 2.05) is 0 Å². The van der Waals surface area contributed by atoms with Crippen molar-refractivity contribution in [3.63, 3.8) is 0 Å². The van der Waals surface area contributed by atoms with Gasteiger partial charge in [0.15, 0.2) is 6.61 Å². The Morgan fingerprint density at radius 1 is 1.21 bits per heavy atom. The summed E-state index contributed by atoms with van der Waals surface area (Å²) in [6.45, 7) is -0.0736. The topological polar surface area (TPSA) is 80.3 Å². The fraction of sp³-hybridized carbons (Fsp3) is 0.105. The molecule has 0 saturated heterocycles. The van der Waals surface area contributed by atoms with Crippen LogP contribution in [0.5, 0.6) is 5.75 Å². The van der Waals surface area contributed by atoms with Crippen LogP contribution in [0.3, 0.4) is 0 Å². The van der Waals surface area contributed by atoms with Crippen LogP contribution in [-0.4, -0.2) is 23.4 Å². The van der Waals surface area contributed by atoms with E-state index in [4.69, 9.17) is 4.74 Å². The van der Waals surface area contributed by atoms with Gasteiger partial charge in [-0.25, -0.2) is 4.98 Å². The number of nitrogens with one attached hydrogen (secondary N) is 2. The largest absolute Gasteiger partial charge is 0.482 e. The van der Waals surface area contributed by atoms with Crippen LogP contribution in [-0.2, 0) is 11.0 Å². The molecule has 6 nitrogen and oxygen atoms in total. The molecule has 0 atom stereocenters. The molecule has 1 aliphatic heterocycles. The van der Waals surface area contributed by atoms with Gasteiger partial charge in [0.2, 0.25) is 0 Å². The van der Waals surface area contributed by atoms with Gasteiger partial charge in [-0.05, 0) is 30.3 Å².